The highest BCUT2D eigenvalue weighted by Crippen LogP contribution is 2.45. The van der Waals surface area contributed by atoms with E-state index in [1.807, 2.05) is 13.8 Å². The van der Waals surface area contributed by atoms with Gasteiger partial charge >= 0.3 is 0 Å². The molecule has 0 spiro atoms. The van der Waals surface area contributed by atoms with E-state index in [-0.39, 0.29) is 0 Å². The summed E-state index contributed by atoms with van der Waals surface area (Å²) in [6, 6.07) is 1.80. The molecule has 5 unspecified atom stereocenters. The van der Waals surface area contributed by atoms with Crippen LogP contribution >= 0.6 is 0 Å². The molecule has 2 heterocycles. The molecule has 5 atom stereocenters. The Hall–Kier alpha value is -0.0800. The second-order valence-corrected chi connectivity index (χ2v) is 4.58. The summed E-state index contributed by atoms with van der Waals surface area (Å²) in [6.45, 7) is 5.02. The number of fused-ring (bicyclic) bond motifs is 2. The zero-order valence-corrected chi connectivity index (χ0v) is 9.70. The van der Waals surface area contributed by atoms with Gasteiger partial charge in [-0.3, -0.25) is 4.90 Å². The zero-order valence-electron chi connectivity index (χ0n) is 9.70. The molecule has 3 rings (SSSR count). The van der Waals surface area contributed by atoms with Gasteiger partial charge in [-0.1, -0.05) is 13.8 Å². The Labute approximate surface area is 87.6 Å². The van der Waals surface area contributed by atoms with E-state index in [0.29, 0.717) is 6.10 Å². The van der Waals surface area contributed by atoms with Crippen LogP contribution in [0.15, 0.2) is 0 Å². The largest absolute Gasteiger partial charge is 0.378 e. The molecule has 2 heteroatoms. The van der Waals surface area contributed by atoms with Crippen LogP contribution in [0.4, 0.5) is 0 Å². The van der Waals surface area contributed by atoms with Crippen LogP contribution in [0.2, 0.25) is 0 Å². The highest BCUT2D eigenvalue weighted by atomic mass is 16.5. The van der Waals surface area contributed by atoms with Gasteiger partial charge in [-0.15, -0.1) is 0 Å². The van der Waals surface area contributed by atoms with E-state index >= 15 is 0 Å². The van der Waals surface area contributed by atoms with Gasteiger partial charge < -0.3 is 4.74 Å². The minimum Gasteiger partial charge on any atom is -0.378 e. The molecule has 0 N–H and O–H groups in total. The van der Waals surface area contributed by atoms with Crippen LogP contribution in [0.25, 0.3) is 0 Å². The van der Waals surface area contributed by atoms with Crippen molar-refractivity contribution in [2.75, 3.05) is 13.7 Å². The van der Waals surface area contributed by atoms with Crippen LogP contribution in [0.1, 0.15) is 39.5 Å². The molecule has 3 fully saturated rings. The first-order chi connectivity index (χ1) is 6.86. The summed E-state index contributed by atoms with van der Waals surface area (Å²) >= 11 is 0. The maximum atomic E-state index is 5.80. The Morgan fingerprint density at radius 2 is 1.86 bits per heavy atom. The van der Waals surface area contributed by atoms with E-state index in [9.17, 15) is 0 Å². The summed E-state index contributed by atoms with van der Waals surface area (Å²) in [6.07, 6.45) is 6.05. The highest BCUT2D eigenvalue weighted by Gasteiger charge is 2.52. The Bertz CT molecular complexity index is 175. The number of likely N-dealkylation sites (N-methyl/N-ethyl adjacent to an activating group) is 1. The van der Waals surface area contributed by atoms with Gasteiger partial charge in [0, 0.05) is 18.7 Å². The first-order valence-electron chi connectivity index (χ1n) is 6.20. The second kappa shape index (κ2) is 4.19. The number of hydrogen-bond acceptors (Lipinski definition) is 2. The van der Waals surface area contributed by atoms with E-state index < -0.39 is 0 Å². The lowest BCUT2D eigenvalue weighted by Crippen LogP contribution is -2.35. The van der Waals surface area contributed by atoms with Crippen molar-refractivity contribution in [3.05, 3.63) is 0 Å². The maximum absolute atomic E-state index is 5.80. The van der Waals surface area contributed by atoms with Crippen molar-refractivity contribution >= 4 is 0 Å². The Morgan fingerprint density at radius 1 is 1.14 bits per heavy atom. The monoisotopic (exact) mass is 197 g/mol. The third-order valence-corrected chi connectivity index (χ3v) is 4.00. The number of hydrogen-bond donors (Lipinski definition) is 0. The normalized spacial score (nSPS) is 49.5. The van der Waals surface area contributed by atoms with Gasteiger partial charge in [0.15, 0.2) is 0 Å². The number of nitrogens with zero attached hydrogens (tertiary/aromatic N) is 1. The molecule has 0 bridgehead atoms. The number of rotatable bonds is 0. The molecule has 3 aliphatic rings. The Morgan fingerprint density at radius 3 is 2.64 bits per heavy atom. The number of ether oxygens (including phenoxy) is 1. The zero-order chi connectivity index (χ0) is 10.1. The van der Waals surface area contributed by atoms with Crippen molar-refractivity contribution in [3.8, 4) is 0 Å². The van der Waals surface area contributed by atoms with Crippen molar-refractivity contribution in [1.29, 1.82) is 0 Å². The molecule has 2 saturated heterocycles. The molecular formula is C12H23NO. The quantitative estimate of drug-likeness (QED) is 0.552. The average molecular weight is 197 g/mol. The van der Waals surface area contributed by atoms with Crippen LogP contribution in [0.5, 0.6) is 0 Å². The molecule has 1 saturated carbocycles. The predicted molar refractivity (Wildman–Crippen MR) is 58.4 cm³/mol. The van der Waals surface area contributed by atoms with Gasteiger partial charge in [0.2, 0.25) is 0 Å². The van der Waals surface area contributed by atoms with Gasteiger partial charge in [0.1, 0.15) is 0 Å². The van der Waals surface area contributed by atoms with Gasteiger partial charge in [-0.05, 0) is 38.6 Å². The van der Waals surface area contributed by atoms with Crippen molar-refractivity contribution in [2.45, 2.75) is 57.7 Å². The third-order valence-electron chi connectivity index (χ3n) is 4.00. The summed E-state index contributed by atoms with van der Waals surface area (Å²) in [5, 5.41) is 0. The molecule has 2 nitrogen and oxygen atoms in total. The standard InChI is InChI=1S/C10H17NO.C2H6/c1-11-8-5-7-3-2-4-12-10(7)6-9(8)11;1-2/h7-10H,2-6H2,1H3;1-2H3. The predicted octanol–water partition coefficient (Wildman–Crippen LogP) is 2.28. The van der Waals surface area contributed by atoms with Crippen LogP contribution < -0.4 is 0 Å². The summed E-state index contributed by atoms with van der Waals surface area (Å²) in [5.41, 5.74) is 0. The van der Waals surface area contributed by atoms with E-state index in [4.69, 9.17) is 4.74 Å². The molecule has 0 radical (unpaired) electrons. The van der Waals surface area contributed by atoms with Crippen molar-refractivity contribution < 1.29 is 4.74 Å². The molecule has 0 amide bonds. The minimum atomic E-state index is 0.616. The molecular weight excluding hydrogens is 174 g/mol. The molecule has 2 aliphatic heterocycles. The van der Waals surface area contributed by atoms with Crippen molar-refractivity contribution in [3.63, 3.8) is 0 Å². The molecule has 14 heavy (non-hydrogen) atoms. The fourth-order valence-electron chi connectivity index (χ4n) is 3.10. The van der Waals surface area contributed by atoms with E-state index in [1.165, 1.54) is 25.7 Å². The van der Waals surface area contributed by atoms with Crippen LogP contribution in [0, 0.1) is 5.92 Å². The van der Waals surface area contributed by atoms with Crippen LogP contribution in [-0.4, -0.2) is 36.7 Å². The van der Waals surface area contributed by atoms with E-state index in [1.54, 1.807) is 0 Å². The second-order valence-electron chi connectivity index (χ2n) is 4.58. The van der Waals surface area contributed by atoms with Crippen LogP contribution in [-0.2, 0) is 4.74 Å². The van der Waals surface area contributed by atoms with Crippen LogP contribution in [0.3, 0.4) is 0 Å². The SMILES string of the molecule is CC.CN1C2CC3CCCOC3CC21. The fourth-order valence-corrected chi connectivity index (χ4v) is 3.10. The van der Waals surface area contributed by atoms with E-state index in [0.717, 1.165) is 24.6 Å². The maximum Gasteiger partial charge on any atom is 0.0619 e. The van der Waals surface area contributed by atoms with Crippen molar-refractivity contribution in [1.82, 2.24) is 4.90 Å². The average Bonchev–Trinajstić information content (AvgIpc) is 2.89. The summed E-state index contributed by atoms with van der Waals surface area (Å²) in [5.74, 6) is 0.893. The Kier molecular flexibility index (Phi) is 3.13. The van der Waals surface area contributed by atoms with Gasteiger partial charge in [0.25, 0.3) is 0 Å². The lowest BCUT2D eigenvalue weighted by atomic mass is 9.82. The molecule has 82 valence electrons. The van der Waals surface area contributed by atoms with Crippen molar-refractivity contribution in [2.24, 2.45) is 5.92 Å². The summed E-state index contributed by atoms with van der Waals surface area (Å²) < 4.78 is 5.80. The molecule has 0 aromatic heterocycles. The highest BCUT2D eigenvalue weighted by molar-refractivity contribution is 5.07. The summed E-state index contributed by atoms with van der Waals surface area (Å²) in [7, 11) is 2.26. The minimum absolute atomic E-state index is 0.616. The first kappa shape index (κ1) is 10.4. The topological polar surface area (TPSA) is 12.2 Å². The lowest BCUT2D eigenvalue weighted by Gasteiger charge is -2.34. The lowest BCUT2D eigenvalue weighted by molar-refractivity contribution is -0.0406. The number of likely N-dealkylation sites (tertiary alicyclic amines) is 1. The van der Waals surface area contributed by atoms with Gasteiger partial charge in [0.05, 0.1) is 6.10 Å². The molecule has 0 aromatic rings. The smallest absolute Gasteiger partial charge is 0.0619 e. The molecule has 0 aromatic carbocycles. The Balaban J connectivity index is 0.000000354. The summed E-state index contributed by atoms with van der Waals surface area (Å²) in [4.78, 5) is 2.52. The van der Waals surface area contributed by atoms with Gasteiger partial charge in [-0.25, -0.2) is 0 Å². The third kappa shape index (κ3) is 1.70. The van der Waals surface area contributed by atoms with E-state index in [2.05, 4.69) is 11.9 Å². The first-order valence-corrected chi connectivity index (χ1v) is 6.20. The molecule has 1 aliphatic carbocycles. The fraction of sp³-hybridized carbons (Fsp3) is 1.00. The van der Waals surface area contributed by atoms with Gasteiger partial charge in [-0.2, -0.15) is 0 Å².